The Hall–Kier alpha value is -3.09. The van der Waals surface area contributed by atoms with Gasteiger partial charge in [0.2, 0.25) is 0 Å². The molecule has 8 nitrogen and oxygen atoms in total. The Morgan fingerprint density at radius 1 is 1.15 bits per heavy atom. The molecular formula is C20H15Cl2F3N4O4S. The molecule has 0 saturated heterocycles. The first kappa shape index (κ1) is 25.5. The predicted molar refractivity (Wildman–Crippen MR) is 120 cm³/mol. The molecule has 3 rings (SSSR count). The van der Waals surface area contributed by atoms with Gasteiger partial charge in [-0.15, -0.1) is 13.2 Å². The average Bonchev–Trinajstić information content (AvgIpc) is 2.75. The van der Waals surface area contributed by atoms with E-state index in [0.29, 0.717) is 11.9 Å². The van der Waals surface area contributed by atoms with E-state index < -0.39 is 38.0 Å². The van der Waals surface area contributed by atoms with Gasteiger partial charge in [-0.2, -0.15) is 0 Å². The summed E-state index contributed by atoms with van der Waals surface area (Å²) in [5, 5.41) is -0.446. The molecule has 0 atom stereocenters. The minimum atomic E-state index is -5.09. The van der Waals surface area contributed by atoms with Gasteiger partial charge in [-0.1, -0.05) is 29.3 Å². The number of carbonyl (C=O) groups is 1. The molecular weight excluding hydrogens is 520 g/mol. The number of sulfonamides is 1. The zero-order chi connectivity index (χ0) is 25.1. The third-order valence-corrected chi connectivity index (χ3v) is 6.11. The first-order chi connectivity index (χ1) is 15.9. The number of anilines is 2. The maximum Gasteiger partial charge on any atom is 0.573 e. The van der Waals surface area contributed by atoms with Gasteiger partial charge < -0.3 is 4.74 Å². The summed E-state index contributed by atoms with van der Waals surface area (Å²) in [5.41, 5.74) is -0.596. The van der Waals surface area contributed by atoms with Crippen molar-refractivity contribution in [2.24, 2.45) is 0 Å². The van der Waals surface area contributed by atoms with Crippen molar-refractivity contribution in [3.63, 3.8) is 0 Å². The molecule has 0 saturated carbocycles. The Morgan fingerprint density at radius 2 is 1.88 bits per heavy atom. The van der Waals surface area contributed by atoms with E-state index in [2.05, 4.69) is 19.4 Å². The zero-order valence-corrected chi connectivity index (χ0v) is 19.5. The van der Waals surface area contributed by atoms with Crippen molar-refractivity contribution in [2.45, 2.75) is 18.2 Å². The number of nitrogens with one attached hydrogen (secondary N) is 1. The van der Waals surface area contributed by atoms with Crippen LogP contribution in [0.5, 0.6) is 5.75 Å². The third kappa shape index (κ3) is 6.07. The summed E-state index contributed by atoms with van der Waals surface area (Å²) in [4.78, 5) is 21.9. The molecule has 34 heavy (non-hydrogen) atoms. The number of alkyl halides is 3. The molecule has 0 bridgehead atoms. The molecule has 14 heteroatoms. The van der Waals surface area contributed by atoms with Gasteiger partial charge in [0.05, 0.1) is 20.6 Å². The SMILES string of the molecule is CCN(C(=O)c1ncc(Cl)cc1NS(=O)(=O)c1ccc(Cl)c(OC(F)(F)F)c1)c1ccccn1. The maximum absolute atomic E-state index is 13.2. The number of pyridine rings is 2. The van der Waals surface area contributed by atoms with Crippen LogP contribution in [0, 0.1) is 0 Å². The van der Waals surface area contributed by atoms with Crippen molar-refractivity contribution in [2.75, 3.05) is 16.2 Å². The molecule has 0 aliphatic carbocycles. The lowest BCUT2D eigenvalue weighted by atomic mass is 10.2. The zero-order valence-electron chi connectivity index (χ0n) is 17.2. The van der Waals surface area contributed by atoms with E-state index in [1.807, 2.05) is 0 Å². The van der Waals surface area contributed by atoms with E-state index in [1.54, 1.807) is 25.1 Å². The molecule has 1 aromatic carbocycles. The van der Waals surface area contributed by atoms with Crippen LogP contribution in [0.3, 0.4) is 0 Å². The average molecular weight is 535 g/mol. The van der Waals surface area contributed by atoms with E-state index in [-0.39, 0.29) is 22.9 Å². The predicted octanol–water partition coefficient (Wildman–Crippen LogP) is 5.15. The molecule has 0 fully saturated rings. The molecule has 0 radical (unpaired) electrons. The molecule has 0 unspecified atom stereocenters. The molecule has 0 aliphatic heterocycles. The highest BCUT2D eigenvalue weighted by Crippen LogP contribution is 2.33. The van der Waals surface area contributed by atoms with Gasteiger partial charge in [0.25, 0.3) is 15.9 Å². The van der Waals surface area contributed by atoms with Gasteiger partial charge in [-0.25, -0.2) is 18.4 Å². The summed E-state index contributed by atoms with van der Waals surface area (Å²) in [7, 11) is -4.52. The van der Waals surface area contributed by atoms with Crippen LogP contribution < -0.4 is 14.4 Å². The highest BCUT2D eigenvalue weighted by molar-refractivity contribution is 7.92. The van der Waals surface area contributed by atoms with Gasteiger partial charge in [0.1, 0.15) is 11.6 Å². The fraction of sp³-hybridized carbons (Fsp3) is 0.150. The van der Waals surface area contributed by atoms with Gasteiger partial charge in [0.15, 0.2) is 5.69 Å². The number of rotatable bonds is 7. The molecule has 2 aromatic heterocycles. The quantitative estimate of drug-likeness (QED) is 0.449. The van der Waals surface area contributed by atoms with Crippen molar-refractivity contribution in [1.82, 2.24) is 9.97 Å². The fourth-order valence-corrected chi connectivity index (χ4v) is 4.18. The number of benzene rings is 1. The highest BCUT2D eigenvalue weighted by atomic mass is 35.5. The van der Waals surface area contributed by atoms with E-state index in [1.165, 1.54) is 11.1 Å². The molecule has 3 aromatic rings. The van der Waals surface area contributed by atoms with Crippen LogP contribution in [0.25, 0.3) is 0 Å². The minimum absolute atomic E-state index is 0.00679. The number of hydrogen-bond acceptors (Lipinski definition) is 6. The number of amides is 1. The summed E-state index contributed by atoms with van der Waals surface area (Å²) < 4.78 is 69.6. The van der Waals surface area contributed by atoms with Crippen LogP contribution in [0.1, 0.15) is 17.4 Å². The Labute approximate surface area is 202 Å². The summed E-state index contributed by atoms with van der Waals surface area (Å²) in [6.07, 6.45) is -2.47. The standard InChI is InChI=1S/C20H15Cl2F3N4O4S/c1-2-29(17-5-3-4-8-26-17)19(30)18-15(9-12(21)11-27-18)28-34(31,32)13-6-7-14(22)16(10-13)33-20(23,24)25/h3-11,28H,2H2,1H3. The minimum Gasteiger partial charge on any atom is -0.404 e. The number of halogens is 5. The summed E-state index contributed by atoms with van der Waals surface area (Å²) >= 11 is 11.6. The fourth-order valence-electron chi connectivity index (χ4n) is 2.80. The largest absolute Gasteiger partial charge is 0.573 e. The second-order valence-electron chi connectivity index (χ2n) is 6.53. The first-order valence-electron chi connectivity index (χ1n) is 9.38. The van der Waals surface area contributed by atoms with E-state index >= 15 is 0 Å². The summed E-state index contributed by atoms with van der Waals surface area (Å²) in [6, 6.07) is 8.55. The molecule has 180 valence electrons. The van der Waals surface area contributed by atoms with Crippen LogP contribution in [-0.4, -0.2) is 37.2 Å². The Bertz CT molecular complexity index is 1310. The van der Waals surface area contributed by atoms with Crippen molar-refractivity contribution in [3.8, 4) is 5.75 Å². The molecule has 2 heterocycles. The normalized spacial score (nSPS) is 11.7. The van der Waals surface area contributed by atoms with Crippen molar-refractivity contribution in [1.29, 1.82) is 0 Å². The number of ether oxygens (including phenoxy) is 1. The van der Waals surface area contributed by atoms with E-state index in [4.69, 9.17) is 23.2 Å². The van der Waals surface area contributed by atoms with E-state index in [9.17, 15) is 26.4 Å². The molecule has 0 spiro atoms. The van der Waals surface area contributed by atoms with Crippen LogP contribution in [0.15, 0.2) is 59.8 Å². The Balaban J connectivity index is 1.99. The molecule has 1 N–H and O–H groups in total. The number of hydrogen-bond donors (Lipinski definition) is 1. The lowest BCUT2D eigenvalue weighted by molar-refractivity contribution is -0.274. The van der Waals surface area contributed by atoms with Crippen molar-refractivity contribution < 1.29 is 31.1 Å². The van der Waals surface area contributed by atoms with E-state index in [0.717, 1.165) is 24.4 Å². The lowest BCUT2D eigenvalue weighted by Crippen LogP contribution is -2.33. The number of nitrogens with zero attached hydrogens (tertiary/aromatic N) is 3. The monoisotopic (exact) mass is 534 g/mol. The number of aromatic nitrogens is 2. The third-order valence-electron chi connectivity index (χ3n) is 4.23. The summed E-state index contributed by atoms with van der Waals surface area (Å²) in [6.45, 7) is 1.86. The molecule has 0 aliphatic rings. The van der Waals surface area contributed by atoms with Crippen LogP contribution in [-0.2, 0) is 10.0 Å². The van der Waals surface area contributed by atoms with Gasteiger partial charge in [-0.3, -0.25) is 14.4 Å². The lowest BCUT2D eigenvalue weighted by Gasteiger charge is -2.21. The first-order valence-corrected chi connectivity index (χ1v) is 11.6. The van der Waals surface area contributed by atoms with Crippen molar-refractivity contribution in [3.05, 3.63) is 70.6 Å². The van der Waals surface area contributed by atoms with Crippen molar-refractivity contribution >= 4 is 50.6 Å². The van der Waals surface area contributed by atoms with Crippen LogP contribution in [0.4, 0.5) is 24.7 Å². The second kappa shape index (κ2) is 10.0. The second-order valence-corrected chi connectivity index (χ2v) is 9.06. The number of carbonyl (C=O) groups excluding carboxylic acids is 1. The van der Waals surface area contributed by atoms with Gasteiger partial charge in [0, 0.05) is 25.0 Å². The Kier molecular flexibility index (Phi) is 7.54. The van der Waals surface area contributed by atoms with Gasteiger partial charge >= 0.3 is 6.36 Å². The smallest absolute Gasteiger partial charge is 0.404 e. The van der Waals surface area contributed by atoms with Crippen LogP contribution >= 0.6 is 23.2 Å². The van der Waals surface area contributed by atoms with Crippen LogP contribution in [0.2, 0.25) is 10.0 Å². The van der Waals surface area contributed by atoms with Gasteiger partial charge in [-0.05, 0) is 37.3 Å². The molecule has 1 amide bonds. The Morgan fingerprint density at radius 3 is 2.50 bits per heavy atom. The highest BCUT2D eigenvalue weighted by Gasteiger charge is 2.33. The topological polar surface area (TPSA) is 101 Å². The summed E-state index contributed by atoms with van der Waals surface area (Å²) in [5.74, 6) is -1.30. The maximum atomic E-state index is 13.2.